The quantitative estimate of drug-likeness (QED) is 0.796. The molecule has 1 aromatic heterocycles. The lowest BCUT2D eigenvalue weighted by Crippen LogP contribution is -2.53. The number of amides is 2. The molecule has 3 rings (SSSR count). The number of aromatic nitrogens is 2. The number of nitrogens with zero attached hydrogens (tertiary/aromatic N) is 3. The summed E-state index contributed by atoms with van der Waals surface area (Å²) in [5.74, 6) is -1.85. The van der Waals surface area contributed by atoms with Crippen LogP contribution < -0.4 is 10.6 Å². The van der Waals surface area contributed by atoms with Gasteiger partial charge >= 0.3 is 0 Å². The van der Waals surface area contributed by atoms with Crippen LogP contribution in [0.15, 0.2) is 18.2 Å². The van der Waals surface area contributed by atoms with Crippen LogP contribution in [0.3, 0.4) is 0 Å². The van der Waals surface area contributed by atoms with E-state index < -0.39 is 29.0 Å². The second-order valence-electron chi connectivity index (χ2n) is 8.63. The van der Waals surface area contributed by atoms with Crippen molar-refractivity contribution in [2.24, 2.45) is 5.41 Å². The standard InChI is InChI=1S/C21H27F2N5O2/c1-21(2,3)17(20(30)24-4)26-19(29)16-15-11-27(5)8-9-28(15)18(25-16)13-10-12(22)6-7-14(13)23/h6-7,10,17H,8-9,11H2,1-5H3,(H,24,30)(H,26,29)/t17-/m1/s1. The normalized spacial score (nSPS) is 15.4. The van der Waals surface area contributed by atoms with Gasteiger partial charge in [0, 0.05) is 26.7 Å². The zero-order valence-electron chi connectivity index (χ0n) is 17.8. The molecule has 2 heterocycles. The maximum atomic E-state index is 14.4. The third kappa shape index (κ3) is 4.21. The highest BCUT2D eigenvalue weighted by Gasteiger charge is 2.35. The fourth-order valence-corrected chi connectivity index (χ4v) is 3.57. The van der Waals surface area contributed by atoms with Gasteiger partial charge < -0.3 is 15.2 Å². The number of carbonyl (C=O) groups is 2. The minimum Gasteiger partial charge on any atom is -0.357 e. The molecular weight excluding hydrogens is 392 g/mol. The summed E-state index contributed by atoms with van der Waals surface area (Å²) < 4.78 is 30.0. The number of likely N-dealkylation sites (N-methyl/N-ethyl adjacent to an activating group) is 2. The van der Waals surface area contributed by atoms with Gasteiger partial charge in [-0.15, -0.1) is 0 Å². The Labute approximate surface area is 174 Å². The van der Waals surface area contributed by atoms with Crippen molar-refractivity contribution in [3.63, 3.8) is 0 Å². The van der Waals surface area contributed by atoms with Crippen LogP contribution in [0.5, 0.6) is 0 Å². The summed E-state index contributed by atoms with van der Waals surface area (Å²) in [6.07, 6.45) is 0. The van der Waals surface area contributed by atoms with Crippen molar-refractivity contribution in [1.29, 1.82) is 0 Å². The Kier molecular flexibility index (Phi) is 5.94. The van der Waals surface area contributed by atoms with Crippen molar-refractivity contribution in [1.82, 2.24) is 25.1 Å². The van der Waals surface area contributed by atoms with Crippen molar-refractivity contribution in [3.8, 4) is 11.4 Å². The highest BCUT2D eigenvalue weighted by molar-refractivity contribution is 5.97. The van der Waals surface area contributed by atoms with Gasteiger partial charge in [-0.1, -0.05) is 20.8 Å². The maximum absolute atomic E-state index is 14.4. The van der Waals surface area contributed by atoms with E-state index in [0.717, 1.165) is 18.2 Å². The Hall–Kier alpha value is -2.81. The van der Waals surface area contributed by atoms with Gasteiger partial charge in [0.25, 0.3) is 5.91 Å². The summed E-state index contributed by atoms with van der Waals surface area (Å²) in [6, 6.07) is 2.37. The molecule has 1 atom stereocenters. The molecule has 0 unspecified atom stereocenters. The predicted molar refractivity (Wildman–Crippen MR) is 109 cm³/mol. The van der Waals surface area contributed by atoms with Gasteiger partial charge in [-0.25, -0.2) is 13.8 Å². The molecule has 2 aromatic rings. The molecule has 1 aromatic carbocycles. The molecule has 2 amide bonds. The molecule has 2 N–H and O–H groups in total. The third-order valence-corrected chi connectivity index (χ3v) is 5.23. The van der Waals surface area contributed by atoms with E-state index in [4.69, 9.17) is 0 Å². The van der Waals surface area contributed by atoms with Crippen LogP contribution in [0.25, 0.3) is 11.4 Å². The molecule has 9 heteroatoms. The first-order chi connectivity index (χ1) is 14.0. The highest BCUT2D eigenvalue weighted by Crippen LogP contribution is 2.29. The van der Waals surface area contributed by atoms with Crippen LogP contribution in [0, 0.1) is 17.0 Å². The van der Waals surface area contributed by atoms with E-state index in [0.29, 0.717) is 25.3 Å². The molecule has 0 bridgehead atoms. The first-order valence-corrected chi connectivity index (χ1v) is 9.78. The Morgan fingerprint density at radius 2 is 1.90 bits per heavy atom. The van der Waals surface area contributed by atoms with Crippen molar-refractivity contribution >= 4 is 11.8 Å². The molecule has 0 radical (unpaired) electrons. The molecule has 0 fully saturated rings. The van der Waals surface area contributed by atoms with Crippen molar-refractivity contribution in [3.05, 3.63) is 41.2 Å². The smallest absolute Gasteiger partial charge is 0.272 e. The first kappa shape index (κ1) is 21.9. The average molecular weight is 419 g/mol. The van der Waals surface area contributed by atoms with Crippen molar-refractivity contribution in [2.45, 2.75) is 39.9 Å². The van der Waals surface area contributed by atoms with Gasteiger partial charge in [0.2, 0.25) is 5.91 Å². The molecule has 0 spiro atoms. The molecule has 1 aliphatic rings. The predicted octanol–water partition coefficient (Wildman–Crippen LogP) is 2.16. The summed E-state index contributed by atoms with van der Waals surface area (Å²) in [5, 5.41) is 5.33. The molecular formula is C21H27F2N5O2. The molecule has 0 aliphatic carbocycles. The number of nitrogens with one attached hydrogen (secondary N) is 2. The van der Waals surface area contributed by atoms with Gasteiger partial charge in [-0.2, -0.15) is 0 Å². The van der Waals surface area contributed by atoms with Crippen LogP contribution in [-0.2, 0) is 17.9 Å². The Bertz CT molecular complexity index is 981. The summed E-state index contributed by atoms with van der Waals surface area (Å²) in [6.45, 7) is 7.12. The Morgan fingerprint density at radius 3 is 2.53 bits per heavy atom. The maximum Gasteiger partial charge on any atom is 0.272 e. The average Bonchev–Trinajstić information content (AvgIpc) is 3.04. The Morgan fingerprint density at radius 1 is 1.20 bits per heavy atom. The monoisotopic (exact) mass is 419 g/mol. The number of halogens is 2. The fourth-order valence-electron chi connectivity index (χ4n) is 3.57. The lowest BCUT2D eigenvalue weighted by molar-refractivity contribution is -0.124. The summed E-state index contributed by atoms with van der Waals surface area (Å²) >= 11 is 0. The van der Waals surface area contributed by atoms with E-state index in [1.807, 2.05) is 32.7 Å². The number of fused-ring (bicyclic) bond motifs is 1. The topological polar surface area (TPSA) is 79.3 Å². The van der Waals surface area contributed by atoms with Crippen LogP contribution in [0.1, 0.15) is 37.0 Å². The van der Waals surface area contributed by atoms with E-state index >= 15 is 0 Å². The molecule has 1 aliphatic heterocycles. The van der Waals surface area contributed by atoms with E-state index in [1.54, 1.807) is 4.57 Å². The minimum atomic E-state index is -0.789. The number of carbonyl (C=O) groups excluding carboxylic acids is 2. The van der Waals surface area contributed by atoms with Crippen molar-refractivity contribution < 1.29 is 18.4 Å². The van der Waals surface area contributed by atoms with Crippen molar-refractivity contribution in [2.75, 3.05) is 20.6 Å². The molecule has 0 saturated heterocycles. The molecule has 162 valence electrons. The lowest BCUT2D eigenvalue weighted by atomic mass is 9.86. The van der Waals surface area contributed by atoms with E-state index in [1.165, 1.54) is 7.05 Å². The number of imidazole rings is 1. The van der Waals surface area contributed by atoms with Gasteiger partial charge in [-0.3, -0.25) is 14.5 Å². The fraction of sp³-hybridized carbons (Fsp3) is 0.476. The summed E-state index contributed by atoms with van der Waals surface area (Å²) in [7, 11) is 3.41. The minimum absolute atomic E-state index is 0.00137. The van der Waals surface area contributed by atoms with Crippen LogP contribution in [0.4, 0.5) is 8.78 Å². The zero-order chi connectivity index (χ0) is 22.2. The van der Waals surface area contributed by atoms with E-state index in [2.05, 4.69) is 15.6 Å². The number of benzene rings is 1. The van der Waals surface area contributed by atoms with Gasteiger partial charge in [0.15, 0.2) is 5.69 Å². The van der Waals surface area contributed by atoms with E-state index in [9.17, 15) is 18.4 Å². The third-order valence-electron chi connectivity index (χ3n) is 5.23. The largest absolute Gasteiger partial charge is 0.357 e. The first-order valence-electron chi connectivity index (χ1n) is 9.78. The van der Waals surface area contributed by atoms with Gasteiger partial charge in [-0.05, 0) is 30.7 Å². The Balaban J connectivity index is 2.07. The summed E-state index contributed by atoms with van der Waals surface area (Å²) in [5.41, 5.74) is 0.172. The van der Waals surface area contributed by atoms with E-state index in [-0.39, 0.29) is 23.0 Å². The van der Waals surface area contributed by atoms with Gasteiger partial charge in [0.05, 0.1) is 11.3 Å². The molecule has 30 heavy (non-hydrogen) atoms. The van der Waals surface area contributed by atoms with Crippen LogP contribution in [-0.4, -0.2) is 52.9 Å². The zero-order valence-corrected chi connectivity index (χ0v) is 17.8. The second-order valence-corrected chi connectivity index (χ2v) is 8.63. The second kappa shape index (κ2) is 8.14. The summed E-state index contributed by atoms with van der Waals surface area (Å²) in [4.78, 5) is 31.9. The SMILES string of the molecule is CNC(=O)[C@@H](NC(=O)c1nc(-c2cc(F)ccc2F)n2c1CN(C)CC2)C(C)(C)C. The lowest BCUT2D eigenvalue weighted by Gasteiger charge is -2.30. The number of hydrogen-bond donors (Lipinski definition) is 2. The highest BCUT2D eigenvalue weighted by atomic mass is 19.1. The van der Waals surface area contributed by atoms with Crippen LogP contribution >= 0.6 is 0 Å². The molecule has 0 saturated carbocycles. The van der Waals surface area contributed by atoms with Gasteiger partial charge in [0.1, 0.15) is 23.5 Å². The number of rotatable bonds is 4. The number of hydrogen-bond acceptors (Lipinski definition) is 4. The molecule has 7 nitrogen and oxygen atoms in total. The van der Waals surface area contributed by atoms with Crippen LogP contribution in [0.2, 0.25) is 0 Å².